The fourth-order valence-electron chi connectivity index (χ4n) is 4.39. The van der Waals surface area contributed by atoms with Crippen LogP contribution in [-0.4, -0.2) is 95.7 Å². The largest absolute Gasteiger partial charge is 0.494 e. The lowest BCUT2D eigenvalue weighted by Gasteiger charge is -2.29. The second kappa shape index (κ2) is 13.8. The number of halogens is 1. The van der Waals surface area contributed by atoms with E-state index in [9.17, 15) is 14.4 Å². The monoisotopic (exact) mass is 610 g/mol. The fourth-order valence-corrected chi connectivity index (χ4v) is 4.94. The lowest BCUT2D eigenvalue weighted by Crippen LogP contribution is -2.52. The number of ether oxygens (including phenoxy) is 4. The third-order valence-electron chi connectivity index (χ3n) is 6.27. The van der Waals surface area contributed by atoms with E-state index in [2.05, 4.69) is 36.9 Å². The molecule has 4 rings (SSSR count). The summed E-state index contributed by atoms with van der Waals surface area (Å²) >= 11 is 3.56. The Kier molecular flexibility index (Phi) is 10.2. The van der Waals surface area contributed by atoms with Gasteiger partial charge in [-0.2, -0.15) is 0 Å². The first kappa shape index (κ1) is 28.9. The van der Waals surface area contributed by atoms with Crippen LogP contribution in [0.2, 0.25) is 0 Å². The van der Waals surface area contributed by atoms with Gasteiger partial charge in [0, 0.05) is 23.0 Å². The van der Waals surface area contributed by atoms with Gasteiger partial charge in [0.25, 0.3) is 5.91 Å². The Bertz CT molecular complexity index is 1190. The Labute approximate surface area is 233 Å². The van der Waals surface area contributed by atoms with Gasteiger partial charge in [-0.25, -0.2) is 4.68 Å². The molecule has 1 aromatic heterocycles. The minimum Gasteiger partial charge on any atom is -0.494 e. The number of anilines is 1. The van der Waals surface area contributed by atoms with Crippen LogP contribution in [0.5, 0.6) is 5.75 Å². The molecule has 39 heavy (non-hydrogen) atoms. The van der Waals surface area contributed by atoms with Crippen molar-refractivity contribution in [1.29, 1.82) is 0 Å². The molecule has 0 saturated carbocycles. The summed E-state index contributed by atoms with van der Waals surface area (Å²) in [5.74, 6) is -0.747. The predicted molar refractivity (Wildman–Crippen MR) is 139 cm³/mol. The zero-order valence-electron chi connectivity index (χ0n) is 21.5. The van der Waals surface area contributed by atoms with E-state index in [0.29, 0.717) is 73.3 Å². The maximum absolute atomic E-state index is 13.4. The minimum atomic E-state index is -0.714. The molecule has 2 aromatic rings. The van der Waals surface area contributed by atoms with Gasteiger partial charge in [0.05, 0.1) is 70.7 Å². The molecule has 1 saturated heterocycles. The maximum Gasteiger partial charge on any atom is 0.259 e. The molecule has 1 unspecified atom stereocenters. The smallest absolute Gasteiger partial charge is 0.259 e. The highest BCUT2D eigenvalue weighted by molar-refractivity contribution is 9.10. The van der Waals surface area contributed by atoms with Crippen LogP contribution in [0.25, 0.3) is 0 Å². The Hall–Kier alpha value is -3.11. The van der Waals surface area contributed by atoms with Gasteiger partial charge in [0.2, 0.25) is 11.8 Å². The van der Waals surface area contributed by atoms with Crippen LogP contribution in [0, 0.1) is 0 Å². The zero-order chi connectivity index (χ0) is 27.8. The van der Waals surface area contributed by atoms with Gasteiger partial charge in [-0.1, -0.05) is 21.1 Å². The van der Waals surface area contributed by atoms with E-state index >= 15 is 0 Å². The molecule has 15 heteroatoms. The van der Waals surface area contributed by atoms with Crippen molar-refractivity contribution in [2.75, 3.05) is 52.3 Å². The molecule has 2 aliphatic heterocycles. The molecule has 0 spiro atoms. The minimum absolute atomic E-state index is 0.185. The average molecular weight is 611 g/mol. The third kappa shape index (κ3) is 7.10. The second-order valence-corrected chi connectivity index (χ2v) is 9.64. The van der Waals surface area contributed by atoms with Crippen molar-refractivity contribution in [2.45, 2.75) is 38.5 Å². The number of hydrogen-bond acceptors (Lipinski definition) is 11. The van der Waals surface area contributed by atoms with Gasteiger partial charge in [-0.05, 0) is 12.5 Å². The number of aromatic nitrogens is 3. The zero-order valence-corrected chi connectivity index (χ0v) is 23.1. The third-order valence-corrected chi connectivity index (χ3v) is 6.98. The van der Waals surface area contributed by atoms with E-state index in [1.165, 1.54) is 12.0 Å². The molecule has 0 radical (unpaired) electrons. The van der Waals surface area contributed by atoms with Crippen molar-refractivity contribution >= 4 is 39.3 Å². The number of aliphatic hydroxyl groups is 1. The number of amides is 3. The summed E-state index contributed by atoms with van der Waals surface area (Å²) in [6.07, 6.45) is 2.26. The van der Waals surface area contributed by atoms with Gasteiger partial charge < -0.3 is 34.3 Å². The van der Waals surface area contributed by atoms with Crippen molar-refractivity contribution in [3.63, 3.8) is 0 Å². The van der Waals surface area contributed by atoms with Gasteiger partial charge in [-0.15, -0.1) is 5.10 Å². The number of imide groups is 1. The molecule has 3 heterocycles. The van der Waals surface area contributed by atoms with Crippen LogP contribution >= 0.6 is 15.9 Å². The van der Waals surface area contributed by atoms with Crippen LogP contribution in [0.1, 0.15) is 34.5 Å². The standard InChI is InChI=1S/C24H31BrN6O8/c1-36-22-18(26-11-15-12-30(29-28-15)4-5-37-6-7-38-8-9-39-14-32)10-17(25)16-13-31(24(35)21(16)22)19-2-3-20(33)27-23(19)34/h10,12,19,26,32H,2-9,11,13-14H2,1H3,(H,27,33,34). The molecule has 14 nitrogen and oxygen atoms in total. The van der Waals surface area contributed by atoms with Crippen molar-refractivity contribution in [3.05, 3.63) is 33.6 Å². The van der Waals surface area contributed by atoms with Crippen molar-refractivity contribution < 1.29 is 38.4 Å². The first-order chi connectivity index (χ1) is 18.9. The second-order valence-electron chi connectivity index (χ2n) is 8.78. The molecule has 3 amide bonds. The molecular weight excluding hydrogens is 580 g/mol. The summed E-state index contributed by atoms with van der Waals surface area (Å²) in [5, 5.41) is 22.4. The summed E-state index contributed by atoms with van der Waals surface area (Å²) in [6.45, 7) is 2.76. The SMILES string of the molecule is COc1c(NCc2cn(CCOCCOCCOCO)nn2)cc(Br)c2c1C(=O)N(C1CCC(=O)NC1=O)C2. The van der Waals surface area contributed by atoms with Gasteiger partial charge >= 0.3 is 0 Å². The number of nitrogens with zero attached hydrogens (tertiary/aromatic N) is 4. The molecule has 212 valence electrons. The van der Waals surface area contributed by atoms with Crippen LogP contribution in [0.4, 0.5) is 5.69 Å². The van der Waals surface area contributed by atoms with Crippen LogP contribution in [0.15, 0.2) is 16.7 Å². The van der Waals surface area contributed by atoms with Gasteiger partial charge in [0.1, 0.15) is 18.5 Å². The highest BCUT2D eigenvalue weighted by atomic mass is 79.9. The summed E-state index contributed by atoms with van der Waals surface area (Å²) in [4.78, 5) is 38.8. The number of piperidine rings is 1. The Morgan fingerprint density at radius 1 is 1.15 bits per heavy atom. The number of benzene rings is 1. The van der Waals surface area contributed by atoms with Gasteiger partial charge in [0.15, 0.2) is 5.75 Å². The van der Waals surface area contributed by atoms with E-state index in [1.54, 1.807) is 10.9 Å². The molecule has 1 atom stereocenters. The van der Waals surface area contributed by atoms with E-state index < -0.39 is 11.9 Å². The molecular formula is C24H31BrN6O8. The molecule has 2 aliphatic rings. The van der Waals surface area contributed by atoms with E-state index in [1.807, 2.05) is 6.07 Å². The molecule has 0 aliphatic carbocycles. The highest BCUT2D eigenvalue weighted by Crippen LogP contribution is 2.42. The molecule has 1 aromatic carbocycles. The average Bonchev–Trinajstić information content (AvgIpc) is 3.51. The quantitative estimate of drug-likeness (QED) is 0.145. The maximum atomic E-state index is 13.4. The van der Waals surface area contributed by atoms with Crippen LogP contribution in [-0.2, 0) is 43.4 Å². The normalized spacial score (nSPS) is 16.9. The summed E-state index contributed by atoms with van der Waals surface area (Å²) < 4.78 is 23.6. The summed E-state index contributed by atoms with van der Waals surface area (Å²) in [7, 11) is 1.49. The number of rotatable bonds is 15. The number of carbonyl (C=O) groups excluding carboxylic acids is 3. The first-order valence-electron chi connectivity index (χ1n) is 12.4. The van der Waals surface area contributed by atoms with Crippen LogP contribution in [0.3, 0.4) is 0 Å². The Morgan fingerprint density at radius 3 is 2.62 bits per heavy atom. The van der Waals surface area contributed by atoms with Gasteiger partial charge in [-0.3, -0.25) is 19.7 Å². The number of methoxy groups -OCH3 is 1. The fraction of sp³-hybridized carbons (Fsp3) is 0.542. The van der Waals surface area contributed by atoms with E-state index in [0.717, 1.165) is 5.56 Å². The van der Waals surface area contributed by atoms with Crippen molar-refractivity contribution in [3.8, 4) is 5.75 Å². The molecule has 3 N–H and O–H groups in total. The number of aliphatic hydroxyl groups excluding tert-OH is 1. The summed E-state index contributed by atoms with van der Waals surface area (Å²) in [5.41, 5.74) is 2.37. The molecule has 1 fully saturated rings. The Morgan fingerprint density at radius 2 is 1.90 bits per heavy atom. The number of hydrogen-bond donors (Lipinski definition) is 3. The predicted octanol–water partition coefficient (Wildman–Crippen LogP) is 0.422. The topological polar surface area (TPSA) is 166 Å². The van der Waals surface area contributed by atoms with Crippen LogP contribution < -0.4 is 15.4 Å². The number of fused-ring (bicyclic) bond motifs is 1. The first-order valence-corrected chi connectivity index (χ1v) is 13.2. The van der Waals surface area contributed by atoms with Crippen molar-refractivity contribution in [1.82, 2.24) is 25.2 Å². The lowest BCUT2D eigenvalue weighted by atomic mass is 10.0. The summed E-state index contributed by atoms with van der Waals surface area (Å²) in [6, 6.07) is 1.11. The molecule has 0 bridgehead atoms. The lowest BCUT2D eigenvalue weighted by molar-refractivity contribution is -0.136. The Balaban J connectivity index is 1.31. The highest BCUT2D eigenvalue weighted by Gasteiger charge is 2.42. The van der Waals surface area contributed by atoms with E-state index in [4.69, 9.17) is 24.1 Å². The van der Waals surface area contributed by atoms with E-state index in [-0.39, 0.29) is 38.0 Å². The van der Waals surface area contributed by atoms with Crippen molar-refractivity contribution in [2.24, 2.45) is 0 Å². The number of nitrogens with one attached hydrogen (secondary N) is 2. The number of carbonyl (C=O) groups is 3.